The van der Waals surface area contributed by atoms with Gasteiger partial charge < -0.3 is 5.73 Å². The van der Waals surface area contributed by atoms with Crippen LogP contribution in [0.5, 0.6) is 0 Å². The van der Waals surface area contributed by atoms with Gasteiger partial charge in [-0.2, -0.15) is 13.2 Å². The average Bonchev–Trinajstić information content (AvgIpc) is 2.27. The van der Waals surface area contributed by atoms with E-state index in [1.807, 2.05) is 0 Å². The Morgan fingerprint density at radius 2 is 1.89 bits per heavy atom. The van der Waals surface area contributed by atoms with Crippen molar-refractivity contribution in [1.82, 2.24) is 15.0 Å². The molecule has 0 saturated heterocycles. The number of hydrogen-bond donors (Lipinski definition) is 1. The Balaban J connectivity index is 2.60. The highest BCUT2D eigenvalue weighted by molar-refractivity contribution is 5.60. The van der Waals surface area contributed by atoms with Crippen LogP contribution >= 0.6 is 0 Å². The molecule has 2 rings (SSSR count). The second-order valence-corrected chi connectivity index (χ2v) is 3.35. The van der Waals surface area contributed by atoms with Gasteiger partial charge in [0, 0.05) is 11.8 Å². The lowest BCUT2D eigenvalue weighted by atomic mass is 10.1. The van der Waals surface area contributed by atoms with Crippen molar-refractivity contribution >= 4 is 5.95 Å². The van der Waals surface area contributed by atoms with Crippen molar-refractivity contribution in [1.29, 1.82) is 0 Å². The van der Waals surface area contributed by atoms with E-state index in [9.17, 15) is 17.6 Å². The second-order valence-electron chi connectivity index (χ2n) is 3.35. The molecule has 4 nitrogen and oxygen atoms in total. The van der Waals surface area contributed by atoms with E-state index in [2.05, 4.69) is 15.0 Å². The van der Waals surface area contributed by atoms with Gasteiger partial charge >= 0.3 is 6.18 Å². The molecule has 94 valence electrons. The molecule has 0 atom stereocenters. The van der Waals surface area contributed by atoms with Crippen LogP contribution in [0.1, 0.15) is 5.69 Å². The predicted molar refractivity (Wildman–Crippen MR) is 54.6 cm³/mol. The van der Waals surface area contributed by atoms with E-state index < -0.39 is 23.6 Å². The summed E-state index contributed by atoms with van der Waals surface area (Å²) in [5.41, 5.74) is 3.60. The third-order valence-electron chi connectivity index (χ3n) is 2.08. The summed E-state index contributed by atoms with van der Waals surface area (Å²) >= 11 is 0. The fraction of sp³-hybridized carbons (Fsp3) is 0.100. The van der Waals surface area contributed by atoms with Crippen LogP contribution in [0.25, 0.3) is 11.3 Å². The third-order valence-corrected chi connectivity index (χ3v) is 2.08. The molecule has 18 heavy (non-hydrogen) atoms. The van der Waals surface area contributed by atoms with Gasteiger partial charge in [-0.05, 0) is 12.1 Å². The summed E-state index contributed by atoms with van der Waals surface area (Å²) in [6, 6.07) is 1.84. The fourth-order valence-corrected chi connectivity index (χ4v) is 1.33. The molecule has 2 aromatic rings. The standard InChI is InChI=1S/C10H6F4N4/c11-6-4-16-2-1-5(6)7-3-8(10(12,13)14)18-9(15)17-7/h1-4H,(H2,15,17,18). The Hall–Kier alpha value is -2.25. The van der Waals surface area contributed by atoms with E-state index in [-0.39, 0.29) is 11.3 Å². The predicted octanol–water partition coefficient (Wildman–Crippen LogP) is 2.28. The molecule has 2 N–H and O–H groups in total. The molecule has 0 radical (unpaired) electrons. The fourth-order valence-electron chi connectivity index (χ4n) is 1.33. The van der Waals surface area contributed by atoms with E-state index >= 15 is 0 Å². The quantitative estimate of drug-likeness (QED) is 0.797. The van der Waals surface area contributed by atoms with Crippen LogP contribution in [0.2, 0.25) is 0 Å². The van der Waals surface area contributed by atoms with Crippen LogP contribution in [-0.2, 0) is 6.18 Å². The summed E-state index contributed by atoms with van der Waals surface area (Å²) in [5, 5.41) is 0. The lowest BCUT2D eigenvalue weighted by molar-refractivity contribution is -0.141. The lowest BCUT2D eigenvalue weighted by Crippen LogP contribution is -2.11. The Bertz CT molecular complexity index is 582. The number of aromatic nitrogens is 3. The first kappa shape index (κ1) is 12.2. The normalized spacial score (nSPS) is 11.6. The van der Waals surface area contributed by atoms with E-state index in [1.165, 1.54) is 12.3 Å². The number of alkyl halides is 3. The average molecular weight is 258 g/mol. The molecule has 0 aromatic carbocycles. The smallest absolute Gasteiger partial charge is 0.368 e. The minimum atomic E-state index is -4.67. The molecular weight excluding hydrogens is 252 g/mol. The maximum Gasteiger partial charge on any atom is 0.433 e. The van der Waals surface area contributed by atoms with Crippen molar-refractivity contribution in [3.63, 3.8) is 0 Å². The van der Waals surface area contributed by atoms with Gasteiger partial charge in [0.05, 0.1) is 11.9 Å². The van der Waals surface area contributed by atoms with Gasteiger partial charge in [-0.3, -0.25) is 4.98 Å². The van der Waals surface area contributed by atoms with Crippen molar-refractivity contribution in [3.05, 3.63) is 36.0 Å². The van der Waals surface area contributed by atoms with E-state index in [0.29, 0.717) is 6.07 Å². The van der Waals surface area contributed by atoms with Crippen molar-refractivity contribution in [3.8, 4) is 11.3 Å². The molecule has 2 aromatic heterocycles. The lowest BCUT2D eigenvalue weighted by Gasteiger charge is -2.08. The number of nitrogens with zero attached hydrogens (tertiary/aromatic N) is 3. The van der Waals surface area contributed by atoms with Gasteiger partial charge in [-0.25, -0.2) is 14.4 Å². The SMILES string of the molecule is Nc1nc(-c2ccncc2F)cc(C(F)(F)F)n1. The minimum Gasteiger partial charge on any atom is -0.368 e. The van der Waals surface area contributed by atoms with Gasteiger partial charge in [0.25, 0.3) is 0 Å². The highest BCUT2D eigenvalue weighted by Crippen LogP contribution is 2.31. The third kappa shape index (κ3) is 2.36. The summed E-state index contributed by atoms with van der Waals surface area (Å²) in [4.78, 5) is 10.1. The molecule has 0 fully saturated rings. The summed E-state index contributed by atoms with van der Waals surface area (Å²) < 4.78 is 50.9. The Kier molecular flexibility index (Phi) is 2.85. The molecule has 2 heterocycles. The summed E-state index contributed by atoms with van der Waals surface area (Å²) in [7, 11) is 0. The van der Waals surface area contributed by atoms with Gasteiger partial charge in [0.15, 0.2) is 11.5 Å². The van der Waals surface area contributed by atoms with Crippen LogP contribution in [0, 0.1) is 5.82 Å². The maximum atomic E-state index is 13.4. The summed E-state index contributed by atoms with van der Waals surface area (Å²) in [5.74, 6) is -1.36. The van der Waals surface area contributed by atoms with Crippen LogP contribution in [-0.4, -0.2) is 15.0 Å². The van der Waals surface area contributed by atoms with E-state index in [4.69, 9.17) is 5.73 Å². The molecule has 8 heteroatoms. The monoisotopic (exact) mass is 258 g/mol. The van der Waals surface area contributed by atoms with Crippen molar-refractivity contribution in [2.75, 3.05) is 5.73 Å². The Labute approximate surface area is 98.5 Å². The van der Waals surface area contributed by atoms with Crippen LogP contribution in [0.15, 0.2) is 24.5 Å². The molecule has 0 aliphatic heterocycles. The van der Waals surface area contributed by atoms with E-state index in [0.717, 1.165) is 6.20 Å². The number of rotatable bonds is 1. The number of anilines is 1. The maximum absolute atomic E-state index is 13.4. The first-order valence-electron chi connectivity index (χ1n) is 4.69. The van der Waals surface area contributed by atoms with Crippen molar-refractivity contribution in [2.45, 2.75) is 6.18 Å². The molecule has 0 spiro atoms. The van der Waals surface area contributed by atoms with Gasteiger partial charge in [0.1, 0.15) is 0 Å². The topological polar surface area (TPSA) is 64.7 Å². The zero-order valence-corrected chi connectivity index (χ0v) is 8.74. The van der Waals surface area contributed by atoms with Crippen LogP contribution in [0.4, 0.5) is 23.5 Å². The van der Waals surface area contributed by atoms with E-state index in [1.54, 1.807) is 0 Å². The molecule has 0 aliphatic rings. The van der Waals surface area contributed by atoms with Gasteiger partial charge in [-0.15, -0.1) is 0 Å². The molecule has 0 aliphatic carbocycles. The van der Waals surface area contributed by atoms with Gasteiger partial charge in [0.2, 0.25) is 5.95 Å². The number of pyridine rings is 1. The second kappa shape index (κ2) is 4.21. The molecular formula is C10H6F4N4. The van der Waals surface area contributed by atoms with Crippen molar-refractivity contribution in [2.24, 2.45) is 0 Å². The molecule has 0 unspecified atom stereocenters. The number of halogens is 4. The number of nitrogens with two attached hydrogens (primary N) is 1. The first-order chi connectivity index (χ1) is 8.38. The highest BCUT2D eigenvalue weighted by Gasteiger charge is 2.33. The number of nitrogen functional groups attached to an aromatic ring is 1. The zero-order chi connectivity index (χ0) is 13.3. The van der Waals surface area contributed by atoms with Crippen molar-refractivity contribution < 1.29 is 17.6 Å². The largest absolute Gasteiger partial charge is 0.433 e. The first-order valence-corrected chi connectivity index (χ1v) is 4.69. The summed E-state index contributed by atoms with van der Waals surface area (Å²) in [6.07, 6.45) is -2.56. The van der Waals surface area contributed by atoms with Crippen LogP contribution in [0.3, 0.4) is 0 Å². The molecule has 0 saturated carbocycles. The zero-order valence-electron chi connectivity index (χ0n) is 8.74. The molecule has 0 amide bonds. The minimum absolute atomic E-state index is 0.121. The Morgan fingerprint density at radius 3 is 2.50 bits per heavy atom. The number of hydrogen-bond acceptors (Lipinski definition) is 4. The Morgan fingerprint density at radius 1 is 1.17 bits per heavy atom. The highest BCUT2D eigenvalue weighted by atomic mass is 19.4. The summed E-state index contributed by atoms with van der Waals surface area (Å²) in [6.45, 7) is 0. The van der Waals surface area contributed by atoms with Gasteiger partial charge in [-0.1, -0.05) is 0 Å². The van der Waals surface area contributed by atoms with Crippen LogP contribution < -0.4 is 5.73 Å². The molecule has 0 bridgehead atoms.